The summed E-state index contributed by atoms with van der Waals surface area (Å²) in [5.74, 6) is -0.190. The van der Waals surface area contributed by atoms with E-state index in [2.05, 4.69) is 16.8 Å². The maximum absolute atomic E-state index is 11.6. The van der Waals surface area contributed by atoms with E-state index in [0.29, 0.717) is 11.5 Å². The first kappa shape index (κ1) is 13.9. The van der Waals surface area contributed by atoms with Crippen LogP contribution in [0.5, 0.6) is 0 Å². The van der Waals surface area contributed by atoms with Crippen LogP contribution in [0, 0.1) is 5.92 Å². The second-order valence-corrected chi connectivity index (χ2v) is 5.73. The van der Waals surface area contributed by atoms with E-state index in [1.807, 2.05) is 24.3 Å². The second-order valence-electron chi connectivity index (χ2n) is 5.73. The van der Waals surface area contributed by atoms with Gasteiger partial charge in [-0.2, -0.15) is 0 Å². The first-order valence-corrected chi connectivity index (χ1v) is 7.56. The van der Waals surface area contributed by atoms with Gasteiger partial charge < -0.3 is 10.0 Å². The molecule has 1 aromatic carbocycles. The highest BCUT2D eigenvalue weighted by molar-refractivity contribution is 6.04. The fraction of sp³-hybridized carbons (Fsp3) is 0.412. The Morgan fingerprint density at radius 2 is 2.14 bits per heavy atom. The number of rotatable bonds is 6. The molecule has 1 N–H and O–H groups in total. The molecular weight excluding hydrogens is 264 g/mol. The Hall–Kier alpha value is -2.10. The largest absolute Gasteiger partial charge is 0.478 e. The van der Waals surface area contributed by atoms with Crippen LogP contribution < -0.4 is 4.90 Å². The number of aromatic nitrogens is 1. The third-order valence-electron chi connectivity index (χ3n) is 3.96. The van der Waals surface area contributed by atoms with Crippen molar-refractivity contribution >= 4 is 22.6 Å². The van der Waals surface area contributed by atoms with Crippen LogP contribution in [0.25, 0.3) is 10.9 Å². The maximum Gasteiger partial charge on any atom is 0.339 e. The van der Waals surface area contributed by atoms with Gasteiger partial charge in [0.25, 0.3) is 0 Å². The molecule has 1 aliphatic carbocycles. The highest BCUT2D eigenvalue weighted by Gasteiger charge is 2.27. The van der Waals surface area contributed by atoms with Crippen LogP contribution in [0.3, 0.4) is 0 Å². The second kappa shape index (κ2) is 5.72. The Bertz CT molecular complexity index is 665. The van der Waals surface area contributed by atoms with E-state index in [4.69, 9.17) is 0 Å². The molecule has 21 heavy (non-hydrogen) atoms. The molecule has 110 valence electrons. The van der Waals surface area contributed by atoms with Crippen molar-refractivity contribution < 1.29 is 9.90 Å². The van der Waals surface area contributed by atoms with Crippen molar-refractivity contribution in [3.63, 3.8) is 0 Å². The fourth-order valence-electron chi connectivity index (χ4n) is 2.80. The molecule has 1 aromatic heterocycles. The minimum absolute atomic E-state index is 0.308. The number of carboxylic acids is 1. The van der Waals surface area contributed by atoms with Crippen molar-refractivity contribution in [1.82, 2.24) is 4.98 Å². The van der Waals surface area contributed by atoms with E-state index in [9.17, 15) is 9.90 Å². The third kappa shape index (κ3) is 2.84. The number of hydrogen-bond donors (Lipinski definition) is 1. The molecule has 1 aliphatic rings. The molecule has 0 amide bonds. The lowest BCUT2D eigenvalue weighted by molar-refractivity contribution is 0.0697. The highest BCUT2D eigenvalue weighted by Crippen LogP contribution is 2.35. The van der Waals surface area contributed by atoms with Gasteiger partial charge >= 0.3 is 5.97 Å². The Balaban J connectivity index is 2.14. The molecule has 1 fully saturated rings. The zero-order valence-corrected chi connectivity index (χ0v) is 12.2. The fourth-order valence-corrected chi connectivity index (χ4v) is 2.80. The number of anilines is 1. The van der Waals surface area contributed by atoms with Crippen molar-refractivity contribution in [2.24, 2.45) is 5.92 Å². The summed E-state index contributed by atoms with van der Waals surface area (Å²) in [5.41, 5.74) is 2.00. The first-order chi connectivity index (χ1) is 10.2. The van der Waals surface area contributed by atoms with Crippen LogP contribution in [-0.2, 0) is 0 Å². The summed E-state index contributed by atoms with van der Waals surface area (Å²) < 4.78 is 0. The molecule has 4 nitrogen and oxygen atoms in total. The monoisotopic (exact) mass is 284 g/mol. The van der Waals surface area contributed by atoms with Gasteiger partial charge in [0.15, 0.2) is 0 Å². The topological polar surface area (TPSA) is 53.4 Å². The van der Waals surface area contributed by atoms with E-state index in [1.54, 1.807) is 0 Å². The summed E-state index contributed by atoms with van der Waals surface area (Å²) in [5, 5.41) is 10.5. The number of hydrogen-bond acceptors (Lipinski definition) is 3. The van der Waals surface area contributed by atoms with Crippen LogP contribution in [0.1, 0.15) is 36.5 Å². The van der Waals surface area contributed by atoms with Crippen LogP contribution in [0.4, 0.5) is 5.69 Å². The molecule has 0 unspecified atom stereocenters. The van der Waals surface area contributed by atoms with Gasteiger partial charge in [-0.1, -0.05) is 25.1 Å². The molecule has 0 spiro atoms. The van der Waals surface area contributed by atoms with Crippen molar-refractivity contribution in [1.29, 1.82) is 0 Å². The minimum Gasteiger partial charge on any atom is -0.478 e. The predicted molar refractivity (Wildman–Crippen MR) is 83.9 cm³/mol. The summed E-state index contributed by atoms with van der Waals surface area (Å²) in [6, 6.07) is 7.79. The van der Waals surface area contributed by atoms with Crippen molar-refractivity contribution in [2.45, 2.75) is 26.2 Å². The molecule has 3 rings (SSSR count). The van der Waals surface area contributed by atoms with Crippen LogP contribution in [-0.4, -0.2) is 29.1 Å². The summed E-state index contributed by atoms with van der Waals surface area (Å²) in [6.45, 7) is 3.95. The SMILES string of the molecule is CCCN(CC1CC1)c1c(C(=O)O)cnc2ccccc12. The molecule has 1 heterocycles. The molecule has 4 heteroatoms. The lowest BCUT2D eigenvalue weighted by Gasteiger charge is -2.27. The van der Waals surface area contributed by atoms with Gasteiger partial charge in [-0.3, -0.25) is 4.98 Å². The van der Waals surface area contributed by atoms with Gasteiger partial charge in [-0.15, -0.1) is 0 Å². The van der Waals surface area contributed by atoms with E-state index in [0.717, 1.165) is 36.1 Å². The molecule has 2 aromatic rings. The van der Waals surface area contributed by atoms with Crippen molar-refractivity contribution in [3.8, 4) is 0 Å². The summed E-state index contributed by atoms with van der Waals surface area (Å²) in [4.78, 5) is 18.1. The van der Waals surface area contributed by atoms with Gasteiger partial charge in [-0.05, 0) is 31.2 Å². The lowest BCUT2D eigenvalue weighted by Crippen LogP contribution is -2.28. The predicted octanol–water partition coefficient (Wildman–Crippen LogP) is 3.56. The quantitative estimate of drug-likeness (QED) is 0.881. The normalized spacial score (nSPS) is 14.3. The highest BCUT2D eigenvalue weighted by atomic mass is 16.4. The van der Waals surface area contributed by atoms with Crippen LogP contribution in [0.2, 0.25) is 0 Å². The number of benzene rings is 1. The molecule has 0 saturated heterocycles. The Morgan fingerprint density at radius 3 is 2.81 bits per heavy atom. The van der Waals surface area contributed by atoms with Gasteiger partial charge in [0.1, 0.15) is 5.56 Å². The summed E-state index contributed by atoms with van der Waals surface area (Å²) >= 11 is 0. The zero-order valence-electron chi connectivity index (χ0n) is 12.2. The number of pyridine rings is 1. The number of aromatic carboxylic acids is 1. The minimum atomic E-state index is -0.903. The summed E-state index contributed by atoms with van der Waals surface area (Å²) in [7, 11) is 0. The Labute approximate surface area is 124 Å². The molecule has 0 radical (unpaired) electrons. The lowest BCUT2D eigenvalue weighted by atomic mass is 10.1. The standard InChI is InChI=1S/C17H20N2O2/c1-2-9-19(11-12-7-8-12)16-13-5-3-4-6-15(13)18-10-14(16)17(20)21/h3-6,10,12H,2,7-9,11H2,1H3,(H,20,21). The van der Waals surface area contributed by atoms with Gasteiger partial charge in [0.2, 0.25) is 0 Å². The first-order valence-electron chi connectivity index (χ1n) is 7.56. The number of carboxylic acid groups (broad SMARTS) is 1. The number of nitrogens with zero attached hydrogens (tertiary/aromatic N) is 2. The zero-order chi connectivity index (χ0) is 14.8. The average Bonchev–Trinajstić information content (AvgIpc) is 3.29. The number of carbonyl (C=O) groups is 1. The Kier molecular flexibility index (Phi) is 3.78. The smallest absolute Gasteiger partial charge is 0.339 e. The number of fused-ring (bicyclic) bond motifs is 1. The van der Waals surface area contributed by atoms with E-state index in [1.165, 1.54) is 19.0 Å². The van der Waals surface area contributed by atoms with Crippen LogP contribution >= 0.6 is 0 Å². The number of para-hydroxylation sites is 1. The van der Waals surface area contributed by atoms with E-state index in [-0.39, 0.29) is 0 Å². The van der Waals surface area contributed by atoms with Gasteiger partial charge in [0.05, 0.1) is 11.2 Å². The van der Waals surface area contributed by atoms with E-state index < -0.39 is 5.97 Å². The van der Waals surface area contributed by atoms with Crippen LogP contribution in [0.15, 0.2) is 30.5 Å². The molecular formula is C17H20N2O2. The molecule has 0 bridgehead atoms. The maximum atomic E-state index is 11.6. The van der Waals surface area contributed by atoms with Crippen molar-refractivity contribution in [3.05, 3.63) is 36.0 Å². The summed E-state index contributed by atoms with van der Waals surface area (Å²) in [6.07, 6.45) is 5.01. The van der Waals surface area contributed by atoms with Gasteiger partial charge in [-0.25, -0.2) is 4.79 Å². The third-order valence-corrected chi connectivity index (χ3v) is 3.96. The molecule has 0 aliphatic heterocycles. The van der Waals surface area contributed by atoms with Gasteiger partial charge in [0, 0.05) is 24.7 Å². The molecule has 0 atom stereocenters. The van der Waals surface area contributed by atoms with Crippen molar-refractivity contribution in [2.75, 3.05) is 18.0 Å². The average molecular weight is 284 g/mol. The van der Waals surface area contributed by atoms with E-state index >= 15 is 0 Å². The Morgan fingerprint density at radius 1 is 1.38 bits per heavy atom. The molecule has 1 saturated carbocycles.